The van der Waals surface area contributed by atoms with Gasteiger partial charge in [-0.1, -0.05) is 29.4 Å². The van der Waals surface area contributed by atoms with Gasteiger partial charge in [-0.15, -0.1) is 21.5 Å². The van der Waals surface area contributed by atoms with Crippen LogP contribution in [0.1, 0.15) is 0 Å². The normalized spacial score (nSPS) is 10.6. The van der Waals surface area contributed by atoms with Crippen LogP contribution < -0.4 is 5.32 Å². The average Bonchev–Trinajstić information content (AvgIpc) is 3.16. The number of hydrogen-bond acceptors (Lipinski definition) is 7. The molecule has 0 saturated heterocycles. The molecule has 0 atom stereocenters. The third-order valence-electron chi connectivity index (χ3n) is 2.48. The number of thiazole rings is 1. The van der Waals surface area contributed by atoms with Crippen molar-refractivity contribution < 1.29 is 9.21 Å². The first-order chi connectivity index (χ1) is 10.7. The fourth-order valence-electron chi connectivity index (χ4n) is 1.57. The van der Waals surface area contributed by atoms with E-state index >= 15 is 0 Å². The summed E-state index contributed by atoms with van der Waals surface area (Å²) in [4.78, 5) is 15.7. The van der Waals surface area contributed by atoms with Crippen molar-refractivity contribution in [2.75, 3.05) is 11.1 Å². The molecule has 1 N–H and O–H groups in total. The van der Waals surface area contributed by atoms with Gasteiger partial charge in [0.15, 0.2) is 5.13 Å². The number of hydrogen-bond donors (Lipinski definition) is 1. The van der Waals surface area contributed by atoms with Crippen LogP contribution in [-0.4, -0.2) is 26.8 Å². The van der Waals surface area contributed by atoms with Crippen LogP contribution in [0.3, 0.4) is 0 Å². The minimum absolute atomic E-state index is 0.163. The van der Waals surface area contributed by atoms with Gasteiger partial charge >= 0.3 is 0 Å². The van der Waals surface area contributed by atoms with E-state index in [1.54, 1.807) is 29.8 Å². The molecule has 0 aliphatic carbocycles. The van der Waals surface area contributed by atoms with Gasteiger partial charge in [0.2, 0.25) is 11.8 Å². The molecule has 2 aromatic heterocycles. The van der Waals surface area contributed by atoms with Crippen molar-refractivity contribution in [1.82, 2.24) is 15.2 Å². The number of nitrogens with one attached hydrogen (secondary N) is 1. The zero-order valence-corrected chi connectivity index (χ0v) is 13.4. The van der Waals surface area contributed by atoms with Crippen molar-refractivity contribution >= 4 is 45.7 Å². The van der Waals surface area contributed by atoms with Crippen LogP contribution in [0.25, 0.3) is 11.5 Å². The molecule has 0 radical (unpaired) electrons. The van der Waals surface area contributed by atoms with Crippen molar-refractivity contribution in [2.24, 2.45) is 0 Å². The Kier molecular flexibility index (Phi) is 4.71. The Morgan fingerprint density at radius 2 is 2.32 bits per heavy atom. The number of amides is 1. The van der Waals surface area contributed by atoms with E-state index < -0.39 is 0 Å². The van der Waals surface area contributed by atoms with E-state index in [0.717, 1.165) is 17.3 Å². The van der Waals surface area contributed by atoms with E-state index in [0.29, 0.717) is 21.3 Å². The third kappa shape index (κ3) is 3.85. The maximum Gasteiger partial charge on any atom is 0.277 e. The molecule has 6 nitrogen and oxygen atoms in total. The van der Waals surface area contributed by atoms with Crippen molar-refractivity contribution in [3.05, 3.63) is 40.9 Å². The molecule has 9 heteroatoms. The predicted octanol–water partition coefficient (Wildman–Crippen LogP) is 3.58. The smallest absolute Gasteiger partial charge is 0.277 e. The number of benzene rings is 1. The van der Waals surface area contributed by atoms with Crippen LogP contribution in [0.4, 0.5) is 5.13 Å². The quantitative estimate of drug-likeness (QED) is 0.707. The van der Waals surface area contributed by atoms with Crippen molar-refractivity contribution in [3.63, 3.8) is 0 Å². The van der Waals surface area contributed by atoms with Gasteiger partial charge in [0, 0.05) is 22.2 Å². The highest BCUT2D eigenvalue weighted by Gasteiger charge is 2.12. The van der Waals surface area contributed by atoms with Crippen LogP contribution in [-0.2, 0) is 4.79 Å². The number of carbonyl (C=O) groups excluding carboxylic acids is 1. The number of halogens is 1. The zero-order valence-electron chi connectivity index (χ0n) is 11.0. The summed E-state index contributed by atoms with van der Waals surface area (Å²) in [6, 6.07) is 7.12. The Hall–Kier alpha value is -1.90. The molecule has 0 spiro atoms. The molecule has 3 aromatic rings. The van der Waals surface area contributed by atoms with E-state index in [2.05, 4.69) is 20.5 Å². The number of aromatic nitrogens is 3. The molecule has 0 bridgehead atoms. The topological polar surface area (TPSA) is 80.9 Å². The Labute approximate surface area is 138 Å². The zero-order chi connectivity index (χ0) is 15.4. The predicted molar refractivity (Wildman–Crippen MR) is 86.2 cm³/mol. The van der Waals surface area contributed by atoms with E-state index in [4.69, 9.17) is 16.0 Å². The summed E-state index contributed by atoms with van der Waals surface area (Å²) in [6.45, 7) is 0. The minimum atomic E-state index is -0.178. The summed E-state index contributed by atoms with van der Waals surface area (Å²) < 4.78 is 5.50. The van der Waals surface area contributed by atoms with Gasteiger partial charge in [0.1, 0.15) is 0 Å². The van der Waals surface area contributed by atoms with Crippen molar-refractivity contribution in [2.45, 2.75) is 5.22 Å². The van der Waals surface area contributed by atoms with E-state index in [1.165, 1.54) is 11.3 Å². The standard InChI is InChI=1S/C13H9ClN4O2S2/c14-9-3-1-2-8(6-9)11-17-18-13(20-11)22-7-10(19)16-12-15-4-5-21-12/h1-6H,7H2,(H,15,16,19). The molecule has 0 aliphatic heterocycles. The second kappa shape index (κ2) is 6.91. The molecule has 0 unspecified atom stereocenters. The monoisotopic (exact) mass is 352 g/mol. The molecule has 22 heavy (non-hydrogen) atoms. The Morgan fingerprint density at radius 3 is 3.09 bits per heavy atom. The van der Waals surface area contributed by atoms with Gasteiger partial charge in [-0.2, -0.15) is 0 Å². The van der Waals surface area contributed by atoms with Crippen LogP contribution in [0.2, 0.25) is 5.02 Å². The summed E-state index contributed by atoms with van der Waals surface area (Å²) in [5.41, 5.74) is 0.735. The van der Waals surface area contributed by atoms with Crippen LogP contribution >= 0.6 is 34.7 Å². The van der Waals surface area contributed by atoms with Gasteiger partial charge in [-0.25, -0.2) is 4.98 Å². The Morgan fingerprint density at radius 1 is 1.41 bits per heavy atom. The largest absolute Gasteiger partial charge is 0.411 e. The van der Waals surface area contributed by atoms with E-state index in [1.807, 2.05) is 6.07 Å². The van der Waals surface area contributed by atoms with E-state index in [-0.39, 0.29) is 11.7 Å². The van der Waals surface area contributed by atoms with Gasteiger partial charge in [0.25, 0.3) is 5.22 Å². The Bertz CT molecular complexity index is 776. The van der Waals surface area contributed by atoms with E-state index in [9.17, 15) is 4.79 Å². The summed E-state index contributed by atoms with van der Waals surface area (Å²) in [6.07, 6.45) is 1.63. The van der Waals surface area contributed by atoms with Gasteiger partial charge in [-0.3, -0.25) is 4.79 Å². The highest BCUT2D eigenvalue weighted by Crippen LogP contribution is 2.25. The maximum atomic E-state index is 11.7. The lowest BCUT2D eigenvalue weighted by Crippen LogP contribution is -2.13. The SMILES string of the molecule is O=C(CSc1nnc(-c2cccc(Cl)c2)o1)Nc1nccs1. The lowest BCUT2D eigenvalue weighted by molar-refractivity contribution is -0.113. The highest BCUT2D eigenvalue weighted by molar-refractivity contribution is 7.99. The molecular weight excluding hydrogens is 344 g/mol. The van der Waals surface area contributed by atoms with Crippen LogP contribution in [0, 0.1) is 0 Å². The molecule has 112 valence electrons. The first-order valence-corrected chi connectivity index (χ1v) is 8.36. The summed E-state index contributed by atoms with van der Waals surface area (Å²) in [7, 11) is 0. The number of rotatable bonds is 5. The molecule has 0 saturated carbocycles. The number of nitrogens with zero attached hydrogens (tertiary/aromatic N) is 3. The molecule has 1 aromatic carbocycles. The molecule has 0 aliphatic rings. The lowest BCUT2D eigenvalue weighted by atomic mass is 10.2. The van der Waals surface area contributed by atoms with Gasteiger partial charge < -0.3 is 9.73 Å². The van der Waals surface area contributed by atoms with Crippen molar-refractivity contribution in [1.29, 1.82) is 0 Å². The second-order valence-corrected chi connectivity index (χ2v) is 6.32. The van der Waals surface area contributed by atoms with Crippen LogP contribution in [0.15, 0.2) is 45.5 Å². The third-order valence-corrected chi connectivity index (χ3v) is 4.23. The molecule has 0 fully saturated rings. The molecular formula is C13H9ClN4O2S2. The fraction of sp³-hybridized carbons (Fsp3) is 0.0769. The summed E-state index contributed by atoms with van der Waals surface area (Å²) >= 11 is 8.44. The first-order valence-electron chi connectivity index (χ1n) is 6.12. The summed E-state index contributed by atoms with van der Waals surface area (Å²) in [5.74, 6) is 0.351. The molecule has 2 heterocycles. The Balaban J connectivity index is 1.59. The number of carbonyl (C=O) groups is 1. The van der Waals surface area contributed by atoms with Crippen molar-refractivity contribution in [3.8, 4) is 11.5 Å². The van der Waals surface area contributed by atoms with Gasteiger partial charge in [0.05, 0.1) is 5.75 Å². The minimum Gasteiger partial charge on any atom is -0.411 e. The fourth-order valence-corrected chi connectivity index (χ4v) is 2.87. The first kappa shape index (κ1) is 15.0. The second-order valence-electron chi connectivity index (χ2n) is 4.06. The number of thioether (sulfide) groups is 1. The lowest BCUT2D eigenvalue weighted by Gasteiger charge is -1.98. The van der Waals surface area contributed by atoms with Crippen LogP contribution in [0.5, 0.6) is 0 Å². The van der Waals surface area contributed by atoms with Gasteiger partial charge in [-0.05, 0) is 18.2 Å². The highest BCUT2D eigenvalue weighted by atomic mass is 35.5. The number of anilines is 1. The summed E-state index contributed by atoms with van der Waals surface area (Å²) in [5, 5.41) is 13.8. The molecule has 3 rings (SSSR count). The molecule has 1 amide bonds. The average molecular weight is 353 g/mol. The maximum absolute atomic E-state index is 11.7.